The monoisotopic (exact) mass is 456 g/mol. The Labute approximate surface area is 184 Å². The number of rotatable bonds is 4. The maximum Gasteiger partial charge on any atom is 0.434 e. The molecule has 1 aliphatic heterocycles. The number of amides is 1. The minimum Gasteiger partial charge on any atom is -0.384 e. The van der Waals surface area contributed by atoms with Gasteiger partial charge in [-0.3, -0.25) is 4.79 Å². The van der Waals surface area contributed by atoms with Crippen molar-refractivity contribution in [2.45, 2.75) is 13.1 Å². The zero-order chi connectivity index (χ0) is 23.8. The van der Waals surface area contributed by atoms with E-state index in [0.717, 1.165) is 6.20 Å². The lowest BCUT2D eigenvalue weighted by atomic mass is 10.2. The van der Waals surface area contributed by atoms with Gasteiger partial charge in [-0.15, -0.1) is 0 Å². The number of pyridine rings is 2. The van der Waals surface area contributed by atoms with Crippen LogP contribution in [0.1, 0.15) is 27.3 Å². The number of carbonyl (C=O) groups is 1. The van der Waals surface area contributed by atoms with Crippen molar-refractivity contribution >= 4 is 29.4 Å². The summed E-state index contributed by atoms with van der Waals surface area (Å²) in [6.07, 6.45) is -1.33. The second kappa shape index (κ2) is 8.20. The summed E-state index contributed by atoms with van der Waals surface area (Å²) < 4.78 is 42.3. The van der Waals surface area contributed by atoms with Gasteiger partial charge >= 0.3 is 6.18 Å². The van der Waals surface area contributed by atoms with Crippen LogP contribution < -0.4 is 21.6 Å². The topological polar surface area (TPSA) is 150 Å². The first kappa shape index (κ1) is 21.7. The molecule has 0 atom stereocenters. The molecule has 0 spiro atoms. The lowest BCUT2D eigenvalue weighted by molar-refractivity contribution is -0.143. The van der Waals surface area contributed by atoms with E-state index in [-0.39, 0.29) is 34.3 Å². The van der Waals surface area contributed by atoms with Crippen molar-refractivity contribution < 1.29 is 18.0 Å². The second-order valence-electron chi connectivity index (χ2n) is 6.79. The summed E-state index contributed by atoms with van der Waals surface area (Å²) in [5.41, 5.74) is 6.71. The zero-order valence-corrected chi connectivity index (χ0v) is 16.9. The summed E-state index contributed by atoms with van der Waals surface area (Å²) in [4.78, 5) is 20.8. The van der Waals surface area contributed by atoms with Gasteiger partial charge in [-0.1, -0.05) is 0 Å². The maximum absolute atomic E-state index is 13.9. The molecule has 4 heterocycles. The van der Waals surface area contributed by atoms with Crippen LogP contribution >= 0.6 is 0 Å². The van der Waals surface area contributed by atoms with Gasteiger partial charge < -0.3 is 11.1 Å². The molecule has 1 aliphatic rings. The number of aryl methyl sites for hydroxylation is 1. The van der Waals surface area contributed by atoms with Crippen LogP contribution in [0.15, 0.2) is 35.7 Å². The van der Waals surface area contributed by atoms with E-state index in [1.807, 2.05) is 6.07 Å². The predicted molar refractivity (Wildman–Crippen MR) is 111 cm³/mol. The minimum atomic E-state index is -4.91. The van der Waals surface area contributed by atoms with Crippen LogP contribution in [0.25, 0.3) is 5.69 Å². The van der Waals surface area contributed by atoms with Crippen LogP contribution in [0.3, 0.4) is 0 Å². The fourth-order valence-corrected chi connectivity index (χ4v) is 3.16. The molecule has 0 aromatic carbocycles. The van der Waals surface area contributed by atoms with Gasteiger partial charge in [-0.05, 0) is 25.1 Å². The average Bonchev–Trinajstić information content (AvgIpc) is 3.43. The number of nitriles is 1. The Morgan fingerprint density at radius 1 is 1.33 bits per heavy atom. The summed E-state index contributed by atoms with van der Waals surface area (Å²) in [6.45, 7) is 1.92. The third-order valence-corrected chi connectivity index (χ3v) is 4.57. The molecule has 33 heavy (non-hydrogen) atoms. The molecule has 0 unspecified atom stereocenters. The predicted octanol–water partition coefficient (Wildman–Crippen LogP) is 2.01. The van der Waals surface area contributed by atoms with Crippen LogP contribution in [0.4, 0.5) is 30.5 Å². The standard InChI is InChI=1S/C19H15F3N10O/c1-10-14(2-3-15(24)29-10)31-16(19(20,21)22)13(9-28-31)18(33)30-12-6-11(7-23)17(25-8-12)32-26-4-5-27-32/h2-4,6,8-9,27H,5H2,1H3,(H2,24,29)(H,30,33). The number of nitrogens with one attached hydrogen (secondary N) is 2. The lowest BCUT2D eigenvalue weighted by Crippen LogP contribution is -2.29. The van der Waals surface area contributed by atoms with E-state index < -0.39 is 23.3 Å². The third kappa shape index (κ3) is 4.16. The van der Waals surface area contributed by atoms with Crippen molar-refractivity contribution in [2.24, 2.45) is 5.10 Å². The number of carbonyl (C=O) groups excluding carboxylic acids is 1. The van der Waals surface area contributed by atoms with E-state index in [1.54, 1.807) is 6.21 Å². The number of aromatic nitrogens is 4. The molecule has 4 N–H and O–H groups in total. The molecule has 0 bridgehead atoms. The Balaban J connectivity index is 1.68. The molecule has 1 amide bonds. The third-order valence-electron chi connectivity index (χ3n) is 4.57. The summed E-state index contributed by atoms with van der Waals surface area (Å²) in [5.74, 6) is -0.765. The number of nitrogens with two attached hydrogens (primary N) is 1. The van der Waals surface area contributed by atoms with E-state index in [1.165, 1.54) is 36.4 Å². The van der Waals surface area contributed by atoms with E-state index in [9.17, 15) is 23.2 Å². The zero-order valence-electron chi connectivity index (χ0n) is 16.9. The molecule has 3 aromatic rings. The van der Waals surface area contributed by atoms with Gasteiger partial charge in [0.25, 0.3) is 5.91 Å². The molecule has 0 aliphatic carbocycles. The number of halogens is 3. The minimum absolute atomic E-state index is 0.0204. The summed E-state index contributed by atoms with van der Waals surface area (Å²) in [7, 11) is 0. The van der Waals surface area contributed by atoms with Crippen LogP contribution in [0, 0.1) is 18.3 Å². The first-order chi connectivity index (χ1) is 15.7. The number of hydrogen-bond acceptors (Lipinski definition) is 9. The SMILES string of the molecule is Cc1nc(N)ccc1-n1ncc(C(=O)Nc2cnc(N3N=CCN3)c(C#N)c2)c1C(F)(F)F. The van der Waals surface area contributed by atoms with E-state index in [0.29, 0.717) is 11.2 Å². The highest BCUT2D eigenvalue weighted by Gasteiger charge is 2.41. The Hall–Kier alpha value is -4.51. The molecule has 11 nitrogen and oxygen atoms in total. The molecule has 168 valence electrons. The van der Waals surface area contributed by atoms with Crippen LogP contribution in [0.5, 0.6) is 0 Å². The average molecular weight is 456 g/mol. The van der Waals surface area contributed by atoms with Gasteiger partial charge in [-0.2, -0.15) is 33.8 Å². The Morgan fingerprint density at radius 3 is 2.76 bits per heavy atom. The van der Waals surface area contributed by atoms with E-state index >= 15 is 0 Å². The van der Waals surface area contributed by atoms with Gasteiger partial charge in [0.2, 0.25) is 0 Å². The number of nitrogens with zero attached hydrogens (tertiary/aromatic N) is 7. The smallest absolute Gasteiger partial charge is 0.384 e. The number of hydrazone groups is 1. The molecule has 0 radical (unpaired) electrons. The number of hydrogen-bond donors (Lipinski definition) is 3. The maximum atomic E-state index is 13.9. The van der Waals surface area contributed by atoms with Crippen molar-refractivity contribution in [3.05, 3.63) is 53.1 Å². The fraction of sp³-hybridized carbons (Fsp3) is 0.158. The summed E-state index contributed by atoms with van der Waals surface area (Å²) in [5, 5.41) is 20.7. The van der Waals surface area contributed by atoms with Gasteiger partial charge in [0.15, 0.2) is 11.5 Å². The van der Waals surface area contributed by atoms with Crippen LogP contribution in [0.2, 0.25) is 0 Å². The molecular weight excluding hydrogens is 441 g/mol. The van der Waals surface area contributed by atoms with Gasteiger partial charge in [0.05, 0.1) is 41.6 Å². The molecular formula is C19H15F3N10O. The van der Waals surface area contributed by atoms with Crippen molar-refractivity contribution in [2.75, 3.05) is 22.7 Å². The van der Waals surface area contributed by atoms with Crippen molar-refractivity contribution in [3.8, 4) is 11.8 Å². The number of alkyl halides is 3. The van der Waals surface area contributed by atoms with Crippen molar-refractivity contribution in [1.82, 2.24) is 25.2 Å². The summed E-state index contributed by atoms with van der Waals surface area (Å²) in [6, 6.07) is 5.86. The van der Waals surface area contributed by atoms with Gasteiger partial charge in [-0.25, -0.2) is 20.1 Å². The highest BCUT2D eigenvalue weighted by Crippen LogP contribution is 2.34. The molecule has 0 fully saturated rings. The highest BCUT2D eigenvalue weighted by atomic mass is 19.4. The Bertz CT molecular complexity index is 1310. The number of hydrazine groups is 1. The Kier molecular flexibility index (Phi) is 5.40. The molecule has 0 saturated carbocycles. The van der Waals surface area contributed by atoms with E-state index in [4.69, 9.17) is 5.73 Å². The molecule has 0 saturated heterocycles. The van der Waals surface area contributed by atoms with Crippen molar-refractivity contribution in [1.29, 1.82) is 5.26 Å². The fourth-order valence-electron chi connectivity index (χ4n) is 3.16. The first-order valence-corrected chi connectivity index (χ1v) is 9.35. The quantitative estimate of drug-likeness (QED) is 0.540. The van der Waals surface area contributed by atoms with Gasteiger partial charge in [0, 0.05) is 6.21 Å². The molecule has 14 heteroatoms. The second-order valence-corrected chi connectivity index (χ2v) is 6.79. The van der Waals surface area contributed by atoms with Crippen LogP contribution in [-0.2, 0) is 6.18 Å². The normalized spacial score (nSPS) is 13.2. The highest BCUT2D eigenvalue weighted by molar-refractivity contribution is 6.05. The Morgan fingerprint density at radius 2 is 2.12 bits per heavy atom. The first-order valence-electron chi connectivity index (χ1n) is 9.35. The van der Waals surface area contributed by atoms with E-state index in [2.05, 4.69) is 30.9 Å². The largest absolute Gasteiger partial charge is 0.434 e. The van der Waals surface area contributed by atoms with Crippen LogP contribution in [-0.4, -0.2) is 38.4 Å². The molecule has 3 aromatic heterocycles. The van der Waals surface area contributed by atoms with Crippen molar-refractivity contribution in [3.63, 3.8) is 0 Å². The molecule has 4 rings (SSSR count). The van der Waals surface area contributed by atoms with Gasteiger partial charge in [0.1, 0.15) is 17.5 Å². The lowest BCUT2D eigenvalue weighted by Gasteiger charge is -2.15. The summed E-state index contributed by atoms with van der Waals surface area (Å²) >= 11 is 0. The number of anilines is 3. The number of nitrogen functional groups attached to an aromatic ring is 1.